The standard InChI is InChI=1S/C18H15F2NO/c1-11(2)18(15-8-7-14(19)9-16(15)20)17(22-18)13-5-3-12(10-21)4-6-13/h3-9,11,17H,1-2H3. The van der Waals surface area contributed by atoms with E-state index in [-0.39, 0.29) is 12.0 Å². The summed E-state index contributed by atoms with van der Waals surface area (Å²) in [5, 5.41) is 8.85. The molecular weight excluding hydrogens is 284 g/mol. The first-order chi connectivity index (χ1) is 10.5. The highest BCUT2D eigenvalue weighted by Gasteiger charge is 2.61. The molecule has 2 nitrogen and oxygen atoms in total. The van der Waals surface area contributed by atoms with Gasteiger partial charge in [-0.1, -0.05) is 32.0 Å². The highest BCUT2D eigenvalue weighted by atomic mass is 19.1. The van der Waals surface area contributed by atoms with E-state index in [0.717, 1.165) is 11.6 Å². The second kappa shape index (κ2) is 5.19. The Labute approximate surface area is 128 Å². The van der Waals surface area contributed by atoms with Crippen molar-refractivity contribution in [3.8, 4) is 6.07 Å². The summed E-state index contributed by atoms with van der Waals surface area (Å²) in [5.74, 6) is -1.17. The highest BCUT2D eigenvalue weighted by Crippen LogP contribution is 2.61. The van der Waals surface area contributed by atoms with Gasteiger partial charge in [-0.05, 0) is 29.7 Å². The van der Waals surface area contributed by atoms with Crippen molar-refractivity contribution in [3.05, 3.63) is 70.8 Å². The van der Waals surface area contributed by atoms with Crippen LogP contribution >= 0.6 is 0 Å². The van der Waals surface area contributed by atoms with E-state index in [9.17, 15) is 8.78 Å². The van der Waals surface area contributed by atoms with Crippen LogP contribution in [0, 0.1) is 28.9 Å². The number of ether oxygens (including phenoxy) is 1. The topological polar surface area (TPSA) is 36.3 Å². The Morgan fingerprint density at radius 2 is 1.82 bits per heavy atom. The van der Waals surface area contributed by atoms with Gasteiger partial charge in [0.05, 0.1) is 11.6 Å². The molecular formula is C18H15F2NO. The van der Waals surface area contributed by atoms with Crippen molar-refractivity contribution < 1.29 is 13.5 Å². The van der Waals surface area contributed by atoms with E-state index in [2.05, 4.69) is 6.07 Å². The zero-order chi connectivity index (χ0) is 15.9. The van der Waals surface area contributed by atoms with Gasteiger partial charge in [-0.25, -0.2) is 8.78 Å². The molecule has 1 aliphatic rings. The molecule has 0 spiro atoms. The lowest BCUT2D eigenvalue weighted by molar-refractivity contribution is 0.232. The van der Waals surface area contributed by atoms with Gasteiger partial charge < -0.3 is 4.74 Å². The molecule has 0 aliphatic carbocycles. The molecule has 1 fully saturated rings. The molecule has 3 rings (SSSR count). The van der Waals surface area contributed by atoms with Crippen LogP contribution in [0.1, 0.15) is 36.6 Å². The number of rotatable bonds is 3. The SMILES string of the molecule is CC(C)C1(c2ccc(F)cc2F)OC1c1ccc(C#N)cc1. The van der Waals surface area contributed by atoms with Crippen LogP contribution in [0.2, 0.25) is 0 Å². The average molecular weight is 299 g/mol. The molecule has 1 heterocycles. The predicted octanol–water partition coefficient (Wildman–Crippen LogP) is 4.46. The van der Waals surface area contributed by atoms with Gasteiger partial charge in [-0.2, -0.15) is 5.26 Å². The van der Waals surface area contributed by atoms with E-state index in [1.807, 2.05) is 26.0 Å². The fourth-order valence-electron chi connectivity index (χ4n) is 2.97. The van der Waals surface area contributed by atoms with Crippen LogP contribution < -0.4 is 0 Å². The molecule has 0 radical (unpaired) electrons. The van der Waals surface area contributed by atoms with E-state index >= 15 is 0 Å². The Hall–Kier alpha value is -2.25. The lowest BCUT2D eigenvalue weighted by atomic mass is 9.82. The third-order valence-corrected chi connectivity index (χ3v) is 4.20. The van der Waals surface area contributed by atoms with Crippen LogP contribution in [0.15, 0.2) is 42.5 Å². The lowest BCUT2D eigenvalue weighted by Gasteiger charge is -2.18. The molecule has 0 aromatic heterocycles. The van der Waals surface area contributed by atoms with Crippen LogP contribution in [0.5, 0.6) is 0 Å². The van der Waals surface area contributed by atoms with Gasteiger partial charge in [0.2, 0.25) is 0 Å². The zero-order valence-corrected chi connectivity index (χ0v) is 12.3. The zero-order valence-electron chi connectivity index (χ0n) is 12.3. The maximum absolute atomic E-state index is 14.2. The maximum atomic E-state index is 14.2. The second-order valence-electron chi connectivity index (χ2n) is 5.80. The quantitative estimate of drug-likeness (QED) is 0.785. The first-order valence-corrected chi connectivity index (χ1v) is 7.12. The molecule has 0 saturated carbocycles. The molecule has 0 amide bonds. The molecule has 4 heteroatoms. The summed E-state index contributed by atoms with van der Waals surface area (Å²) in [6, 6.07) is 12.7. The molecule has 2 aromatic carbocycles. The summed E-state index contributed by atoms with van der Waals surface area (Å²) >= 11 is 0. The largest absolute Gasteiger partial charge is 0.355 e. The van der Waals surface area contributed by atoms with Crippen LogP contribution in [0.3, 0.4) is 0 Å². The van der Waals surface area contributed by atoms with E-state index in [4.69, 9.17) is 10.00 Å². The van der Waals surface area contributed by atoms with Crippen LogP contribution in [0.4, 0.5) is 8.78 Å². The smallest absolute Gasteiger partial charge is 0.132 e. The predicted molar refractivity (Wildman–Crippen MR) is 77.9 cm³/mol. The van der Waals surface area contributed by atoms with Gasteiger partial charge in [0.15, 0.2) is 0 Å². The minimum absolute atomic E-state index is 0.0214. The Morgan fingerprint density at radius 1 is 1.14 bits per heavy atom. The van der Waals surface area contributed by atoms with Crippen molar-refractivity contribution in [2.45, 2.75) is 25.6 Å². The van der Waals surface area contributed by atoms with Gasteiger partial charge >= 0.3 is 0 Å². The molecule has 0 N–H and O–H groups in total. The number of hydrogen-bond acceptors (Lipinski definition) is 2. The van der Waals surface area contributed by atoms with E-state index in [0.29, 0.717) is 11.1 Å². The number of hydrogen-bond donors (Lipinski definition) is 0. The summed E-state index contributed by atoms with van der Waals surface area (Å²) in [6.07, 6.45) is -0.291. The second-order valence-corrected chi connectivity index (χ2v) is 5.80. The van der Waals surface area contributed by atoms with E-state index in [1.54, 1.807) is 12.1 Å². The van der Waals surface area contributed by atoms with Crippen molar-refractivity contribution in [2.24, 2.45) is 5.92 Å². The number of epoxide rings is 1. The average Bonchev–Trinajstić information content (AvgIpc) is 3.24. The van der Waals surface area contributed by atoms with Gasteiger partial charge in [0.1, 0.15) is 23.3 Å². The van der Waals surface area contributed by atoms with Gasteiger partial charge in [-0.15, -0.1) is 0 Å². The van der Waals surface area contributed by atoms with Gasteiger partial charge in [-0.3, -0.25) is 0 Å². The van der Waals surface area contributed by atoms with E-state index in [1.165, 1.54) is 12.1 Å². The summed E-state index contributed by atoms with van der Waals surface area (Å²) < 4.78 is 33.2. The normalized spacial score (nSPS) is 23.4. The molecule has 1 aliphatic heterocycles. The van der Waals surface area contributed by atoms with Crippen molar-refractivity contribution in [3.63, 3.8) is 0 Å². The third kappa shape index (κ3) is 2.18. The number of nitrogens with zero attached hydrogens (tertiary/aromatic N) is 1. The van der Waals surface area contributed by atoms with Crippen LogP contribution in [-0.2, 0) is 10.3 Å². The summed E-state index contributed by atoms with van der Waals surface area (Å²) in [5.41, 5.74) is 1.04. The highest BCUT2D eigenvalue weighted by molar-refractivity contribution is 5.40. The lowest BCUT2D eigenvalue weighted by Crippen LogP contribution is -2.20. The first-order valence-electron chi connectivity index (χ1n) is 7.12. The monoisotopic (exact) mass is 299 g/mol. The van der Waals surface area contributed by atoms with Crippen LogP contribution in [-0.4, -0.2) is 0 Å². The van der Waals surface area contributed by atoms with Crippen molar-refractivity contribution in [1.29, 1.82) is 5.26 Å². The molecule has 2 aromatic rings. The maximum Gasteiger partial charge on any atom is 0.132 e. The molecule has 112 valence electrons. The van der Waals surface area contributed by atoms with E-state index < -0.39 is 17.2 Å². The Bertz CT molecular complexity index is 749. The number of benzene rings is 2. The third-order valence-electron chi connectivity index (χ3n) is 4.20. The number of halogens is 2. The number of nitriles is 1. The summed E-state index contributed by atoms with van der Waals surface area (Å²) in [4.78, 5) is 0. The molecule has 1 saturated heterocycles. The fraction of sp³-hybridized carbons (Fsp3) is 0.278. The van der Waals surface area contributed by atoms with Crippen molar-refractivity contribution in [2.75, 3.05) is 0 Å². The molecule has 2 atom stereocenters. The Morgan fingerprint density at radius 3 is 2.36 bits per heavy atom. The van der Waals surface area contributed by atoms with Gasteiger partial charge in [0, 0.05) is 11.6 Å². The summed E-state index contributed by atoms with van der Waals surface area (Å²) in [6.45, 7) is 3.90. The Kier molecular flexibility index (Phi) is 3.46. The molecule has 0 bridgehead atoms. The van der Waals surface area contributed by atoms with Gasteiger partial charge in [0.25, 0.3) is 0 Å². The summed E-state index contributed by atoms with van der Waals surface area (Å²) in [7, 11) is 0. The molecule has 22 heavy (non-hydrogen) atoms. The minimum Gasteiger partial charge on any atom is -0.355 e. The molecule has 2 unspecified atom stereocenters. The van der Waals surface area contributed by atoms with Crippen LogP contribution in [0.25, 0.3) is 0 Å². The van der Waals surface area contributed by atoms with Crippen molar-refractivity contribution >= 4 is 0 Å². The first kappa shape index (κ1) is 14.7. The van der Waals surface area contributed by atoms with Crippen molar-refractivity contribution in [1.82, 2.24) is 0 Å². The Balaban J connectivity index is 2.00. The minimum atomic E-state index is -0.786. The fourth-order valence-corrected chi connectivity index (χ4v) is 2.97.